The van der Waals surface area contributed by atoms with Crippen LogP contribution >= 0.6 is 0 Å². The van der Waals surface area contributed by atoms with E-state index in [4.69, 9.17) is 16.0 Å². The molecule has 0 radical (unpaired) electrons. The van der Waals surface area contributed by atoms with E-state index in [0.29, 0.717) is 13.0 Å². The summed E-state index contributed by atoms with van der Waals surface area (Å²) >= 11 is 0. The van der Waals surface area contributed by atoms with Crippen molar-refractivity contribution in [2.45, 2.75) is 25.8 Å². The van der Waals surface area contributed by atoms with Gasteiger partial charge in [0.2, 0.25) is 0 Å². The fourth-order valence-electron chi connectivity index (χ4n) is 0.792. The highest BCUT2D eigenvalue weighted by molar-refractivity contribution is 5.79. The van der Waals surface area contributed by atoms with Crippen LogP contribution < -0.4 is 11.1 Å². The summed E-state index contributed by atoms with van der Waals surface area (Å²) in [5, 5.41) is 22.7. The van der Waals surface area contributed by atoms with Crippen molar-refractivity contribution in [1.29, 1.82) is 0 Å². The summed E-state index contributed by atoms with van der Waals surface area (Å²) < 4.78 is 0. The van der Waals surface area contributed by atoms with E-state index in [0.717, 1.165) is 6.42 Å². The maximum Gasteiger partial charge on any atom is 0.140 e. The quantitative estimate of drug-likeness (QED) is 0.189. The molecule has 0 aliphatic carbocycles. The van der Waals surface area contributed by atoms with Crippen molar-refractivity contribution in [1.82, 2.24) is 5.32 Å². The van der Waals surface area contributed by atoms with Gasteiger partial charge in [-0.1, -0.05) is 5.16 Å². The predicted molar refractivity (Wildman–Crippen MR) is 47.2 cm³/mol. The van der Waals surface area contributed by atoms with Crippen LogP contribution in [0.5, 0.6) is 0 Å². The Morgan fingerprint density at radius 2 is 2.33 bits per heavy atom. The molecule has 0 aromatic heterocycles. The molecular weight excluding hydrogens is 158 g/mol. The van der Waals surface area contributed by atoms with Gasteiger partial charge in [0.25, 0.3) is 0 Å². The maximum atomic E-state index is 8.56. The number of amidine groups is 1. The van der Waals surface area contributed by atoms with Crippen molar-refractivity contribution >= 4 is 5.84 Å². The molecule has 0 aliphatic rings. The summed E-state index contributed by atoms with van der Waals surface area (Å²) in [4.78, 5) is 0. The maximum absolute atomic E-state index is 8.56. The number of hydrogen-bond donors (Lipinski definition) is 4. The van der Waals surface area contributed by atoms with E-state index >= 15 is 0 Å². The third-order valence-corrected chi connectivity index (χ3v) is 1.56. The van der Waals surface area contributed by atoms with Crippen molar-refractivity contribution in [3.63, 3.8) is 0 Å². The van der Waals surface area contributed by atoms with Crippen LogP contribution in [0.2, 0.25) is 0 Å². The topological polar surface area (TPSA) is 90.9 Å². The van der Waals surface area contributed by atoms with Crippen molar-refractivity contribution < 1.29 is 10.3 Å². The Morgan fingerprint density at radius 3 is 2.83 bits per heavy atom. The second kappa shape index (κ2) is 6.87. The molecule has 1 atom stereocenters. The second-order valence-electron chi connectivity index (χ2n) is 2.71. The molecule has 0 rings (SSSR count). The average molecular weight is 175 g/mol. The Morgan fingerprint density at radius 1 is 1.67 bits per heavy atom. The standard InChI is InChI=1S/C7H17N3O2/c1-6(3-5-11)9-4-2-7(8)10-12/h6,9,11-12H,2-5H2,1H3,(H2,8,10). The van der Waals surface area contributed by atoms with Crippen molar-refractivity contribution in [2.24, 2.45) is 10.9 Å². The van der Waals surface area contributed by atoms with Gasteiger partial charge in [0, 0.05) is 25.6 Å². The van der Waals surface area contributed by atoms with Gasteiger partial charge in [0.05, 0.1) is 0 Å². The lowest BCUT2D eigenvalue weighted by Crippen LogP contribution is -2.30. The lowest BCUT2D eigenvalue weighted by molar-refractivity contribution is 0.269. The minimum atomic E-state index is 0.178. The second-order valence-corrected chi connectivity index (χ2v) is 2.71. The molecule has 5 N–H and O–H groups in total. The summed E-state index contributed by atoms with van der Waals surface area (Å²) in [5.41, 5.74) is 5.24. The Bertz CT molecular complexity index is 139. The molecule has 72 valence electrons. The number of nitrogens with two attached hydrogens (primary N) is 1. The molecule has 12 heavy (non-hydrogen) atoms. The molecule has 0 aromatic carbocycles. The largest absolute Gasteiger partial charge is 0.409 e. The van der Waals surface area contributed by atoms with Crippen molar-refractivity contribution in [3.05, 3.63) is 0 Å². The molecule has 0 bridgehead atoms. The first-order valence-electron chi connectivity index (χ1n) is 4.01. The van der Waals surface area contributed by atoms with E-state index < -0.39 is 0 Å². The third kappa shape index (κ3) is 5.94. The van der Waals surface area contributed by atoms with Gasteiger partial charge in [-0.3, -0.25) is 0 Å². The van der Waals surface area contributed by atoms with Gasteiger partial charge in [0.1, 0.15) is 5.84 Å². The van der Waals surface area contributed by atoms with E-state index in [2.05, 4.69) is 10.5 Å². The molecule has 5 nitrogen and oxygen atoms in total. The highest BCUT2D eigenvalue weighted by Crippen LogP contribution is 1.88. The molecule has 0 amide bonds. The van der Waals surface area contributed by atoms with E-state index in [1.165, 1.54) is 0 Å². The third-order valence-electron chi connectivity index (χ3n) is 1.56. The molecule has 5 heteroatoms. The molecule has 0 aliphatic heterocycles. The number of hydrogen-bond acceptors (Lipinski definition) is 4. The first-order chi connectivity index (χ1) is 5.70. The number of aliphatic hydroxyl groups excluding tert-OH is 1. The first-order valence-corrected chi connectivity index (χ1v) is 4.01. The van der Waals surface area contributed by atoms with Crippen LogP contribution in [-0.2, 0) is 0 Å². The van der Waals surface area contributed by atoms with Crippen LogP contribution in [0.25, 0.3) is 0 Å². The summed E-state index contributed by atoms with van der Waals surface area (Å²) in [6.45, 7) is 2.82. The highest BCUT2D eigenvalue weighted by atomic mass is 16.4. The highest BCUT2D eigenvalue weighted by Gasteiger charge is 1.99. The van der Waals surface area contributed by atoms with Crippen LogP contribution in [0, 0.1) is 0 Å². The number of oxime groups is 1. The summed E-state index contributed by atoms with van der Waals surface area (Å²) in [5.74, 6) is 0.221. The Kier molecular flexibility index (Phi) is 6.41. The van der Waals surface area contributed by atoms with Gasteiger partial charge in [-0.25, -0.2) is 0 Å². The normalized spacial score (nSPS) is 14.7. The first kappa shape index (κ1) is 11.2. The zero-order valence-corrected chi connectivity index (χ0v) is 7.32. The Balaban J connectivity index is 3.30. The number of rotatable bonds is 6. The smallest absolute Gasteiger partial charge is 0.140 e. The van der Waals surface area contributed by atoms with Crippen molar-refractivity contribution in [3.8, 4) is 0 Å². The van der Waals surface area contributed by atoms with Crippen LogP contribution in [0.4, 0.5) is 0 Å². The van der Waals surface area contributed by atoms with Gasteiger partial charge in [-0.2, -0.15) is 0 Å². The van der Waals surface area contributed by atoms with Gasteiger partial charge in [0.15, 0.2) is 0 Å². The number of nitrogens with zero attached hydrogens (tertiary/aromatic N) is 1. The zero-order valence-electron chi connectivity index (χ0n) is 7.32. The summed E-state index contributed by atoms with van der Waals surface area (Å²) in [7, 11) is 0. The van der Waals surface area contributed by atoms with Gasteiger partial charge >= 0.3 is 0 Å². The predicted octanol–water partition coefficient (Wildman–Crippen LogP) is -0.517. The molecule has 1 unspecified atom stereocenters. The van der Waals surface area contributed by atoms with Gasteiger partial charge in [-0.15, -0.1) is 0 Å². The summed E-state index contributed by atoms with van der Waals surface area (Å²) in [6, 6.07) is 0.265. The van der Waals surface area contributed by atoms with Crippen LogP contribution in [0.15, 0.2) is 5.16 Å². The fourth-order valence-corrected chi connectivity index (χ4v) is 0.792. The van der Waals surface area contributed by atoms with E-state index in [-0.39, 0.29) is 18.5 Å². The molecule has 0 aromatic rings. The van der Waals surface area contributed by atoms with E-state index in [1.807, 2.05) is 6.92 Å². The fraction of sp³-hybridized carbons (Fsp3) is 0.857. The van der Waals surface area contributed by atoms with Gasteiger partial charge in [-0.05, 0) is 13.3 Å². The molecule has 0 heterocycles. The molecule has 0 spiro atoms. The molecular formula is C7H17N3O2. The van der Waals surface area contributed by atoms with Crippen LogP contribution in [0.1, 0.15) is 19.8 Å². The summed E-state index contributed by atoms with van der Waals surface area (Å²) in [6.07, 6.45) is 1.24. The SMILES string of the molecule is CC(CCO)NCCC(N)=NO. The minimum absolute atomic E-state index is 0.178. The van der Waals surface area contributed by atoms with Gasteiger partial charge < -0.3 is 21.4 Å². The number of aliphatic hydroxyl groups is 1. The monoisotopic (exact) mass is 175 g/mol. The molecule has 0 saturated carbocycles. The Labute approximate surface area is 72.3 Å². The van der Waals surface area contributed by atoms with E-state index in [9.17, 15) is 0 Å². The average Bonchev–Trinajstić information content (AvgIpc) is 2.04. The minimum Gasteiger partial charge on any atom is -0.409 e. The van der Waals surface area contributed by atoms with Crippen LogP contribution in [-0.4, -0.2) is 35.3 Å². The lowest BCUT2D eigenvalue weighted by atomic mass is 10.2. The van der Waals surface area contributed by atoms with E-state index in [1.54, 1.807) is 0 Å². The van der Waals surface area contributed by atoms with Crippen molar-refractivity contribution in [2.75, 3.05) is 13.2 Å². The molecule has 0 fully saturated rings. The lowest BCUT2D eigenvalue weighted by Gasteiger charge is -2.10. The zero-order chi connectivity index (χ0) is 9.40. The molecule has 0 saturated heterocycles. The Hall–Kier alpha value is -0.810. The number of nitrogens with one attached hydrogen (secondary N) is 1. The van der Waals surface area contributed by atoms with Crippen LogP contribution in [0.3, 0.4) is 0 Å².